The Balaban J connectivity index is 0.845. The molecule has 1 aromatic heterocycles. The maximum Gasteiger partial charge on any atom is 0.329 e. The third-order valence-electron chi connectivity index (χ3n) is 14.6. The average molecular weight is 915 g/mol. The molecule has 4 aromatic rings. The van der Waals surface area contributed by atoms with E-state index in [2.05, 4.69) is 22.0 Å². The van der Waals surface area contributed by atoms with E-state index in [1.165, 1.54) is 4.57 Å². The van der Waals surface area contributed by atoms with Crippen molar-refractivity contribution in [3.05, 3.63) is 106 Å². The molecule has 4 fully saturated rings. The zero-order valence-corrected chi connectivity index (χ0v) is 38.4. The van der Waals surface area contributed by atoms with E-state index in [9.17, 15) is 38.4 Å². The molecule has 8 rings (SSSR count). The monoisotopic (exact) mass is 914 g/mol. The minimum atomic E-state index is -1.08. The predicted molar refractivity (Wildman–Crippen MR) is 250 cm³/mol. The van der Waals surface area contributed by atoms with Crippen LogP contribution in [0.2, 0.25) is 0 Å². The summed E-state index contributed by atoms with van der Waals surface area (Å²) in [4.78, 5) is 109. The number of hydrogen-bond acceptors (Lipinski definition) is 8. The molecule has 4 aliphatic rings. The van der Waals surface area contributed by atoms with Gasteiger partial charge in [-0.1, -0.05) is 73.7 Å². The van der Waals surface area contributed by atoms with Crippen LogP contribution >= 0.6 is 0 Å². The fourth-order valence-electron chi connectivity index (χ4n) is 10.9. The first-order valence-electron chi connectivity index (χ1n) is 23.9. The lowest BCUT2D eigenvalue weighted by atomic mass is 9.77. The van der Waals surface area contributed by atoms with E-state index in [0.29, 0.717) is 49.6 Å². The summed E-state index contributed by atoms with van der Waals surface area (Å²) < 4.78 is 3.07. The largest absolute Gasteiger partial charge is 0.370 e. The van der Waals surface area contributed by atoms with Crippen molar-refractivity contribution in [2.75, 3.05) is 13.1 Å². The second-order valence-electron chi connectivity index (χ2n) is 19.0. The number of primary amides is 1. The summed E-state index contributed by atoms with van der Waals surface area (Å²) in [5.41, 5.74) is 9.48. The molecule has 3 aromatic carbocycles. The highest BCUT2D eigenvalue weighted by Crippen LogP contribution is 2.39. The number of imidazole rings is 1. The van der Waals surface area contributed by atoms with Crippen LogP contribution in [0.5, 0.6) is 0 Å². The van der Waals surface area contributed by atoms with E-state index in [1.807, 2.05) is 77.7 Å². The topological polar surface area (TPSA) is 215 Å². The molecule has 3 saturated heterocycles. The van der Waals surface area contributed by atoms with Crippen LogP contribution < -0.4 is 27.4 Å². The van der Waals surface area contributed by atoms with Gasteiger partial charge in [0.1, 0.15) is 18.1 Å². The Labute approximate surface area is 390 Å². The van der Waals surface area contributed by atoms with Crippen molar-refractivity contribution in [1.29, 1.82) is 0 Å². The van der Waals surface area contributed by atoms with Crippen LogP contribution in [-0.2, 0) is 40.6 Å². The number of nitrogens with one attached hydrogen (secondary N) is 3. The first-order chi connectivity index (χ1) is 32.3. The Bertz CT molecular complexity index is 2530. The van der Waals surface area contributed by atoms with Crippen LogP contribution in [0.1, 0.15) is 125 Å². The number of hydrogen-bond donors (Lipinski definition) is 4. The zero-order chi connectivity index (χ0) is 47.4. The number of carbonyl (C=O) groups excluding carboxylic acids is 7. The Hall–Kier alpha value is -6.58. The van der Waals surface area contributed by atoms with E-state index >= 15 is 0 Å². The highest BCUT2D eigenvalue weighted by atomic mass is 16.2. The SMILES string of the molecule is C[C@H]1CN(C(=O)CC[C@H]2CC[C@H](c3ccc4c(c3)n(C)c(=O)n4C3CCC(=O)NC3=O)CC2)CC[C@H]2CC[C@@H](C(=O)N[C@@H](CCC(N)=O)C(=O)NC(c3ccccc3)c3ccccc3)N2C1=O. The molecule has 5 atom stereocenters. The number of amides is 7. The minimum absolute atomic E-state index is 0.00746. The Morgan fingerprint density at radius 2 is 1.48 bits per heavy atom. The maximum atomic E-state index is 14.1. The summed E-state index contributed by atoms with van der Waals surface area (Å²) >= 11 is 0. The quantitative estimate of drug-likeness (QED) is 0.134. The van der Waals surface area contributed by atoms with Crippen LogP contribution in [0.3, 0.4) is 0 Å². The van der Waals surface area contributed by atoms with Gasteiger partial charge in [0.15, 0.2) is 0 Å². The molecule has 3 aliphatic heterocycles. The number of aryl methyl sites for hydroxylation is 1. The van der Waals surface area contributed by atoms with Crippen molar-refractivity contribution in [2.24, 2.45) is 24.6 Å². The molecular formula is C51H62N8O8. The summed E-state index contributed by atoms with van der Waals surface area (Å²) in [6.45, 7) is 2.52. The molecule has 5 N–H and O–H groups in total. The van der Waals surface area contributed by atoms with Crippen molar-refractivity contribution >= 4 is 52.4 Å². The van der Waals surface area contributed by atoms with E-state index in [4.69, 9.17) is 5.73 Å². The fourth-order valence-corrected chi connectivity index (χ4v) is 10.9. The van der Waals surface area contributed by atoms with E-state index in [1.54, 1.807) is 23.4 Å². The summed E-state index contributed by atoms with van der Waals surface area (Å²) in [5, 5.41) is 8.33. The Kier molecular flexibility index (Phi) is 14.4. The third kappa shape index (κ3) is 10.4. The Morgan fingerprint density at radius 1 is 0.791 bits per heavy atom. The number of imide groups is 1. The second-order valence-corrected chi connectivity index (χ2v) is 19.0. The second kappa shape index (κ2) is 20.5. The molecule has 1 saturated carbocycles. The van der Waals surface area contributed by atoms with Gasteiger partial charge in [-0.25, -0.2) is 4.79 Å². The number of piperidine rings is 1. The standard InChI is InChI=1S/C51H62N8O8/c1-31-30-57(45(62)26-15-32-13-16-33(17-14-32)36-18-21-39-42(29-36)56(2)51(67)59(39)41-23-25-44(61)54-49(41)65)28-27-37-19-22-40(58(37)50(31)66)48(64)53-38(20-24-43(52)60)47(63)55-46(34-9-5-3-6-10-34)35-11-7-4-8-12-35/h3-12,18,21,29,31-33,37-38,40-41,46H,13-17,19-20,22-28,30H2,1-2H3,(H2,52,60)(H,53,64)(H,55,63)(H,54,61,65)/t31-,32-,33-,37+,38-,40-,41?/m0/s1. The van der Waals surface area contributed by atoms with Crippen LogP contribution in [0.4, 0.5) is 0 Å². The normalized spacial score (nSPS) is 23.8. The first kappa shape index (κ1) is 46.9. The number of nitrogens with two attached hydrogens (primary N) is 1. The predicted octanol–water partition coefficient (Wildman–Crippen LogP) is 4.26. The maximum absolute atomic E-state index is 14.1. The van der Waals surface area contributed by atoms with Crippen molar-refractivity contribution in [3.8, 4) is 0 Å². The van der Waals surface area contributed by atoms with Gasteiger partial charge in [-0.05, 0) is 105 Å². The minimum Gasteiger partial charge on any atom is -0.370 e. The molecular weight excluding hydrogens is 853 g/mol. The average Bonchev–Trinajstić information content (AvgIpc) is 3.86. The van der Waals surface area contributed by atoms with Gasteiger partial charge in [-0.3, -0.25) is 48.0 Å². The summed E-state index contributed by atoms with van der Waals surface area (Å²) in [7, 11) is 1.71. The zero-order valence-electron chi connectivity index (χ0n) is 38.4. The van der Waals surface area contributed by atoms with Crippen molar-refractivity contribution in [1.82, 2.24) is 34.9 Å². The van der Waals surface area contributed by atoms with Gasteiger partial charge >= 0.3 is 5.69 Å². The lowest BCUT2D eigenvalue weighted by molar-refractivity contribution is -0.147. The number of rotatable bonds is 14. The molecule has 354 valence electrons. The van der Waals surface area contributed by atoms with Crippen molar-refractivity contribution in [3.63, 3.8) is 0 Å². The third-order valence-corrected chi connectivity index (χ3v) is 14.6. The highest BCUT2D eigenvalue weighted by Gasteiger charge is 2.45. The van der Waals surface area contributed by atoms with Crippen LogP contribution in [0, 0.1) is 11.8 Å². The van der Waals surface area contributed by atoms with E-state index in [0.717, 1.165) is 54.3 Å². The molecule has 1 aliphatic carbocycles. The molecule has 7 amide bonds. The van der Waals surface area contributed by atoms with Gasteiger partial charge in [-0.2, -0.15) is 0 Å². The van der Waals surface area contributed by atoms with Gasteiger partial charge in [0.25, 0.3) is 0 Å². The first-order valence-corrected chi connectivity index (χ1v) is 23.9. The molecule has 0 radical (unpaired) electrons. The van der Waals surface area contributed by atoms with Gasteiger partial charge in [0.2, 0.25) is 41.4 Å². The lowest BCUT2D eigenvalue weighted by Gasteiger charge is -2.38. The van der Waals surface area contributed by atoms with Crippen LogP contribution in [0.25, 0.3) is 11.0 Å². The molecule has 16 heteroatoms. The molecule has 0 spiro atoms. The lowest BCUT2D eigenvalue weighted by Crippen LogP contribution is -2.57. The van der Waals surface area contributed by atoms with Crippen molar-refractivity contribution < 1.29 is 33.6 Å². The molecule has 4 heterocycles. The number of nitrogens with zero attached hydrogens (tertiary/aromatic N) is 4. The smallest absolute Gasteiger partial charge is 0.329 e. The molecule has 0 bridgehead atoms. The number of benzene rings is 3. The summed E-state index contributed by atoms with van der Waals surface area (Å²) in [6, 6.07) is 21.6. The molecule has 1 unspecified atom stereocenters. The number of fused-ring (bicyclic) bond motifs is 2. The summed E-state index contributed by atoms with van der Waals surface area (Å²) in [5.74, 6) is -2.33. The van der Waals surface area contributed by atoms with Gasteiger partial charge in [0, 0.05) is 45.4 Å². The number of carbonyl (C=O) groups is 7. The molecule has 67 heavy (non-hydrogen) atoms. The Morgan fingerprint density at radius 3 is 2.13 bits per heavy atom. The van der Waals surface area contributed by atoms with E-state index < -0.39 is 53.7 Å². The van der Waals surface area contributed by atoms with Crippen molar-refractivity contribution in [2.45, 2.75) is 127 Å². The highest BCUT2D eigenvalue weighted by molar-refractivity contribution is 6.00. The van der Waals surface area contributed by atoms with Gasteiger partial charge in [-0.15, -0.1) is 0 Å². The van der Waals surface area contributed by atoms with Crippen LogP contribution in [0.15, 0.2) is 83.7 Å². The fraction of sp³-hybridized carbons (Fsp3) is 0.490. The van der Waals surface area contributed by atoms with Gasteiger partial charge < -0.3 is 26.2 Å². The van der Waals surface area contributed by atoms with E-state index in [-0.39, 0.29) is 61.7 Å². The number of aromatic nitrogens is 2. The summed E-state index contributed by atoms with van der Waals surface area (Å²) in [6.07, 6.45) is 6.85. The van der Waals surface area contributed by atoms with Gasteiger partial charge in [0.05, 0.1) is 23.0 Å². The van der Waals surface area contributed by atoms with Crippen LogP contribution in [-0.4, -0.2) is 91.5 Å². The molecule has 16 nitrogen and oxygen atoms in total.